The number of hydrogen-bond donors (Lipinski definition) is 2. The molecule has 100 valence electrons. The van der Waals surface area contributed by atoms with E-state index < -0.39 is 11.6 Å². The monoisotopic (exact) mass is 258 g/mol. The van der Waals surface area contributed by atoms with Crippen molar-refractivity contribution in [3.63, 3.8) is 0 Å². The van der Waals surface area contributed by atoms with Crippen LogP contribution in [0.3, 0.4) is 0 Å². The van der Waals surface area contributed by atoms with Crippen LogP contribution >= 0.6 is 0 Å². The van der Waals surface area contributed by atoms with Crippen LogP contribution in [0.25, 0.3) is 0 Å². The van der Waals surface area contributed by atoms with Crippen LogP contribution < -0.4 is 11.1 Å². The summed E-state index contributed by atoms with van der Waals surface area (Å²) in [5, 5.41) is 2.34. The predicted molar refractivity (Wildman–Crippen MR) is 65.1 cm³/mol. The first-order chi connectivity index (χ1) is 8.54. The van der Waals surface area contributed by atoms with Crippen molar-refractivity contribution in [1.82, 2.24) is 0 Å². The first kappa shape index (κ1) is 14.4. The van der Waals surface area contributed by atoms with E-state index in [1.807, 2.05) is 6.92 Å². The fourth-order valence-electron chi connectivity index (χ4n) is 1.35. The Labute approximate surface area is 104 Å². The standard InChI is InChI=1S/C12H16F2N2O2/c1-2-18-5-3-4-12(17)16-11-7-10(15)8(13)6-9(11)14/h6-7H,2-5,15H2,1H3,(H,16,17). The SMILES string of the molecule is CCOCCCC(=O)Nc1cc(N)c(F)cc1F. The van der Waals surface area contributed by atoms with Crippen molar-refractivity contribution in [2.75, 3.05) is 24.3 Å². The van der Waals surface area contributed by atoms with Crippen LogP contribution in [0.2, 0.25) is 0 Å². The van der Waals surface area contributed by atoms with Crippen LogP contribution in [0, 0.1) is 11.6 Å². The van der Waals surface area contributed by atoms with Gasteiger partial charge in [-0.2, -0.15) is 0 Å². The first-order valence-corrected chi connectivity index (χ1v) is 5.66. The normalized spacial score (nSPS) is 10.4. The number of nitrogen functional groups attached to an aromatic ring is 1. The summed E-state index contributed by atoms with van der Waals surface area (Å²) in [5.41, 5.74) is 4.97. The molecule has 0 saturated carbocycles. The van der Waals surface area contributed by atoms with E-state index in [0.717, 1.165) is 6.07 Å². The Kier molecular flexibility index (Phi) is 5.51. The molecule has 1 rings (SSSR count). The summed E-state index contributed by atoms with van der Waals surface area (Å²) < 4.78 is 31.3. The molecule has 1 amide bonds. The minimum absolute atomic E-state index is 0.115. The second-order valence-electron chi connectivity index (χ2n) is 3.70. The third kappa shape index (κ3) is 4.29. The average molecular weight is 258 g/mol. The van der Waals surface area contributed by atoms with Gasteiger partial charge in [-0.3, -0.25) is 4.79 Å². The van der Waals surface area contributed by atoms with E-state index in [0.29, 0.717) is 25.7 Å². The molecule has 0 atom stereocenters. The lowest BCUT2D eigenvalue weighted by molar-refractivity contribution is -0.116. The zero-order valence-electron chi connectivity index (χ0n) is 10.1. The molecule has 0 bridgehead atoms. The highest BCUT2D eigenvalue weighted by molar-refractivity contribution is 5.91. The topological polar surface area (TPSA) is 64.3 Å². The second-order valence-corrected chi connectivity index (χ2v) is 3.70. The van der Waals surface area contributed by atoms with Crippen molar-refractivity contribution in [2.24, 2.45) is 0 Å². The summed E-state index contributed by atoms with van der Waals surface area (Å²) in [6.45, 7) is 2.92. The lowest BCUT2D eigenvalue weighted by Gasteiger charge is -2.08. The molecule has 1 aromatic rings. The smallest absolute Gasteiger partial charge is 0.224 e. The summed E-state index contributed by atoms with van der Waals surface area (Å²) in [5.74, 6) is -2.05. The number of rotatable bonds is 6. The number of anilines is 2. The van der Waals surface area contributed by atoms with Gasteiger partial charge in [0.15, 0.2) is 0 Å². The van der Waals surface area contributed by atoms with Gasteiger partial charge >= 0.3 is 0 Å². The highest BCUT2D eigenvalue weighted by atomic mass is 19.1. The van der Waals surface area contributed by atoms with Crippen LogP contribution in [0.1, 0.15) is 19.8 Å². The van der Waals surface area contributed by atoms with Crippen molar-refractivity contribution < 1.29 is 18.3 Å². The largest absolute Gasteiger partial charge is 0.396 e. The molecule has 0 radical (unpaired) electrons. The van der Waals surface area contributed by atoms with E-state index in [1.54, 1.807) is 0 Å². The Morgan fingerprint density at radius 2 is 2.11 bits per heavy atom. The quantitative estimate of drug-likeness (QED) is 0.608. The summed E-state index contributed by atoms with van der Waals surface area (Å²) in [6, 6.07) is 1.70. The van der Waals surface area contributed by atoms with Gasteiger partial charge in [-0.1, -0.05) is 0 Å². The third-order valence-corrected chi connectivity index (χ3v) is 2.26. The van der Waals surface area contributed by atoms with Crippen LogP contribution in [-0.4, -0.2) is 19.1 Å². The molecule has 18 heavy (non-hydrogen) atoms. The summed E-state index contributed by atoms with van der Waals surface area (Å²) >= 11 is 0. The zero-order chi connectivity index (χ0) is 13.5. The zero-order valence-corrected chi connectivity index (χ0v) is 10.1. The van der Waals surface area contributed by atoms with Crippen molar-refractivity contribution in [1.29, 1.82) is 0 Å². The Balaban J connectivity index is 2.51. The van der Waals surface area contributed by atoms with Gasteiger partial charge in [0.1, 0.15) is 11.6 Å². The summed E-state index contributed by atoms with van der Waals surface area (Å²) in [4.78, 5) is 11.5. The number of carbonyl (C=O) groups excluding carboxylic acids is 1. The van der Waals surface area contributed by atoms with Crippen molar-refractivity contribution in [2.45, 2.75) is 19.8 Å². The Morgan fingerprint density at radius 3 is 2.78 bits per heavy atom. The van der Waals surface area contributed by atoms with Crippen LogP contribution in [-0.2, 0) is 9.53 Å². The first-order valence-electron chi connectivity index (χ1n) is 5.66. The minimum Gasteiger partial charge on any atom is -0.396 e. The number of benzene rings is 1. The Morgan fingerprint density at radius 1 is 1.39 bits per heavy atom. The van der Waals surface area contributed by atoms with E-state index >= 15 is 0 Å². The maximum absolute atomic E-state index is 13.3. The molecule has 6 heteroatoms. The van der Waals surface area contributed by atoms with Gasteiger partial charge in [-0.25, -0.2) is 8.78 Å². The van der Waals surface area contributed by atoms with Gasteiger partial charge in [0.05, 0.1) is 11.4 Å². The fraction of sp³-hybridized carbons (Fsp3) is 0.417. The maximum Gasteiger partial charge on any atom is 0.224 e. The van der Waals surface area contributed by atoms with Gasteiger partial charge in [0.2, 0.25) is 5.91 Å². The minimum atomic E-state index is -0.847. The molecule has 1 aromatic carbocycles. The summed E-state index contributed by atoms with van der Waals surface area (Å²) in [6.07, 6.45) is 0.745. The van der Waals surface area contributed by atoms with E-state index in [2.05, 4.69) is 5.32 Å². The Bertz CT molecular complexity index is 425. The van der Waals surface area contributed by atoms with E-state index in [-0.39, 0.29) is 23.7 Å². The second kappa shape index (κ2) is 6.90. The molecule has 0 unspecified atom stereocenters. The summed E-state index contributed by atoms with van der Waals surface area (Å²) in [7, 11) is 0. The fourth-order valence-corrected chi connectivity index (χ4v) is 1.35. The predicted octanol–water partition coefficient (Wildman–Crippen LogP) is 2.30. The van der Waals surface area contributed by atoms with Crippen molar-refractivity contribution in [3.8, 4) is 0 Å². The number of amides is 1. The Hall–Kier alpha value is -1.69. The van der Waals surface area contributed by atoms with Gasteiger partial charge in [0.25, 0.3) is 0 Å². The van der Waals surface area contributed by atoms with Crippen LogP contribution in [0.5, 0.6) is 0 Å². The third-order valence-electron chi connectivity index (χ3n) is 2.26. The maximum atomic E-state index is 13.3. The van der Waals surface area contributed by atoms with E-state index in [4.69, 9.17) is 10.5 Å². The number of ether oxygens (including phenoxy) is 1. The number of halogens is 2. The molecule has 0 aromatic heterocycles. The number of carbonyl (C=O) groups is 1. The van der Waals surface area contributed by atoms with Gasteiger partial charge in [-0.15, -0.1) is 0 Å². The van der Waals surface area contributed by atoms with Gasteiger partial charge in [-0.05, 0) is 19.4 Å². The lowest BCUT2D eigenvalue weighted by atomic mass is 10.2. The lowest BCUT2D eigenvalue weighted by Crippen LogP contribution is -2.14. The highest BCUT2D eigenvalue weighted by Crippen LogP contribution is 2.21. The number of nitrogens with one attached hydrogen (secondary N) is 1. The number of hydrogen-bond acceptors (Lipinski definition) is 3. The van der Waals surface area contributed by atoms with E-state index in [9.17, 15) is 13.6 Å². The molecule has 0 heterocycles. The van der Waals surface area contributed by atoms with Gasteiger partial charge in [0, 0.05) is 25.7 Å². The van der Waals surface area contributed by atoms with Gasteiger partial charge < -0.3 is 15.8 Å². The molecular weight excluding hydrogens is 242 g/mol. The molecule has 0 fully saturated rings. The molecule has 4 nitrogen and oxygen atoms in total. The number of nitrogens with two attached hydrogens (primary N) is 1. The van der Waals surface area contributed by atoms with Crippen molar-refractivity contribution in [3.05, 3.63) is 23.8 Å². The van der Waals surface area contributed by atoms with Crippen LogP contribution in [0.4, 0.5) is 20.2 Å². The average Bonchev–Trinajstić information content (AvgIpc) is 2.32. The molecular formula is C12H16F2N2O2. The van der Waals surface area contributed by atoms with Crippen LogP contribution in [0.15, 0.2) is 12.1 Å². The molecule has 0 aliphatic rings. The molecule has 0 aliphatic heterocycles. The highest BCUT2D eigenvalue weighted by Gasteiger charge is 2.10. The molecule has 0 saturated heterocycles. The molecule has 0 spiro atoms. The molecule has 0 aliphatic carbocycles. The van der Waals surface area contributed by atoms with E-state index in [1.165, 1.54) is 0 Å². The van der Waals surface area contributed by atoms with Crippen molar-refractivity contribution >= 4 is 17.3 Å². The molecule has 3 N–H and O–H groups in total.